The van der Waals surface area contributed by atoms with Crippen LogP contribution in [0.25, 0.3) is 17.1 Å². The Balaban J connectivity index is 2.20. The van der Waals surface area contributed by atoms with E-state index in [1.165, 1.54) is 12.1 Å². The Hall–Kier alpha value is -2.43. The number of carbonyl (C=O) groups excluding carboxylic acids is 1. The first-order chi connectivity index (χ1) is 9.33. The van der Waals surface area contributed by atoms with Gasteiger partial charge < -0.3 is 9.72 Å². The molecule has 0 saturated carbocycles. The Bertz CT molecular complexity index is 724. The van der Waals surface area contributed by atoms with Crippen LogP contribution in [0.15, 0.2) is 35.3 Å². The number of aromatic amines is 1. The lowest BCUT2D eigenvalue weighted by molar-refractivity contribution is -0.148. The van der Waals surface area contributed by atoms with Crippen LogP contribution in [0, 0.1) is 0 Å². The van der Waals surface area contributed by atoms with Gasteiger partial charge in [0, 0.05) is 23.7 Å². The minimum Gasteiger partial charge on any atom is -0.457 e. The van der Waals surface area contributed by atoms with E-state index < -0.39 is 11.6 Å². The van der Waals surface area contributed by atoms with Crippen molar-refractivity contribution >= 4 is 23.1 Å². The molecular weight excluding hydrogens is 256 g/mol. The second-order valence-corrected chi connectivity index (χ2v) is 5.40. The van der Waals surface area contributed by atoms with Crippen molar-refractivity contribution in [3.05, 3.63) is 46.4 Å². The van der Waals surface area contributed by atoms with Crippen molar-refractivity contribution in [3.63, 3.8) is 0 Å². The van der Waals surface area contributed by atoms with Crippen molar-refractivity contribution in [1.29, 1.82) is 0 Å². The van der Waals surface area contributed by atoms with Gasteiger partial charge in [0.05, 0.1) is 0 Å². The van der Waals surface area contributed by atoms with E-state index in [9.17, 15) is 9.59 Å². The van der Waals surface area contributed by atoms with Crippen LogP contribution in [-0.2, 0) is 9.53 Å². The van der Waals surface area contributed by atoms with E-state index in [0.29, 0.717) is 5.65 Å². The van der Waals surface area contributed by atoms with Crippen molar-refractivity contribution in [2.45, 2.75) is 26.4 Å². The van der Waals surface area contributed by atoms with Crippen LogP contribution in [0.3, 0.4) is 0 Å². The smallest absolute Gasteiger partial charge is 0.331 e. The maximum Gasteiger partial charge on any atom is 0.331 e. The molecule has 2 heterocycles. The lowest BCUT2D eigenvalue weighted by Gasteiger charge is -2.17. The molecule has 0 radical (unpaired) electrons. The lowest BCUT2D eigenvalue weighted by Crippen LogP contribution is -2.22. The van der Waals surface area contributed by atoms with Gasteiger partial charge in [-0.1, -0.05) is 0 Å². The summed E-state index contributed by atoms with van der Waals surface area (Å²) in [4.78, 5) is 29.5. The number of aromatic nitrogens is 2. The number of fused-ring (bicyclic) bond motifs is 1. The zero-order chi connectivity index (χ0) is 14.8. The van der Waals surface area contributed by atoms with Crippen LogP contribution < -0.4 is 5.56 Å². The van der Waals surface area contributed by atoms with E-state index in [-0.39, 0.29) is 5.56 Å². The third-order valence-corrected chi connectivity index (χ3v) is 2.41. The van der Waals surface area contributed by atoms with E-state index in [0.717, 1.165) is 10.9 Å². The van der Waals surface area contributed by atoms with Crippen LogP contribution in [0.1, 0.15) is 26.3 Å². The molecule has 0 unspecified atom stereocenters. The number of nitrogens with zero attached hydrogens (tertiary/aromatic N) is 1. The normalized spacial score (nSPS) is 11.9. The zero-order valence-electron chi connectivity index (χ0n) is 11.6. The number of esters is 1. The highest BCUT2D eigenvalue weighted by Gasteiger charge is 2.13. The second-order valence-electron chi connectivity index (χ2n) is 5.40. The molecule has 0 fully saturated rings. The van der Waals surface area contributed by atoms with Crippen molar-refractivity contribution in [1.82, 2.24) is 9.97 Å². The van der Waals surface area contributed by atoms with Gasteiger partial charge in [-0.15, -0.1) is 0 Å². The van der Waals surface area contributed by atoms with Crippen LogP contribution in [0.4, 0.5) is 0 Å². The molecule has 0 aliphatic carbocycles. The zero-order valence-corrected chi connectivity index (χ0v) is 11.6. The highest BCUT2D eigenvalue weighted by atomic mass is 16.6. The molecule has 2 rings (SSSR count). The Morgan fingerprint density at radius 3 is 2.80 bits per heavy atom. The number of rotatable bonds is 2. The largest absolute Gasteiger partial charge is 0.457 e. The molecule has 0 atom stereocenters. The Labute approximate surface area is 116 Å². The Kier molecular flexibility index (Phi) is 3.70. The summed E-state index contributed by atoms with van der Waals surface area (Å²) in [5.41, 5.74) is 0.576. The molecule has 0 bridgehead atoms. The van der Waals surface area contributed by atoms with Gasteiger partial charge in [0.1, 0.15) is 11.2 Å². The molecule has 0 amide bonds. The average molecular weight is 272 g/mol. The first-order valence-corrected chi connectivity index (χ1v) is 6.24. The first-order valence-electron chi connectivity index (χ1n) is 6.24. The van der Waals surface area contributed by atoms with Crippen LogP contribution >= 0.6 is 0 Å². The number of hydrogen-bond acceptors (Lipinski definition) is 4. The lowest BCUT2D eigenvalue weighted by atomic mass is 10.2. The molecular formula is C15H16N2O3. The number of H-pyrrole nitrogens is 1. The summed E-state index contributed by atoms with van der Waals surface area (Å²) in [6.45, 7) is 5.44. The highest BCUT2D eigenvalue weighted by molar-refractivity contribution is 5.88. The molecule has 0 spiro atoms. The molecule has 2 aromatic rings. The van der Waals surface area contributed by atoms with E-state index in [1.807, 2.05) is 26.8 Å². The molecule has 0 aliphatic rings. The van der Waals surface area contributed by atoms with E-state index >= 15 is 0 Å². The summed E-state index contributed by atoms with van der Waals surface area (Å²) in [6, 6.07) is 4.95. The standard InChI is InChI=1S/C15H16N2O3/c1-15(2,3)20-13(19)7-4-10-8-11-5-6-12(18)17-14(11)16-9-10/h4-9H,1-3H3,(H,16,17,18). The van der Waals surface area contributed by atoms with Crippen molar-refractivity contribution < 1.29 is 9.53 Å². The first kappa shape index (κ1) is 14.0. The maximum atomic E-state index is 11.6. The molecule has 2 aromatic heterocycles. The minimum absolute atomic E-state index is 0.193. The van der Waals surface area contributed by atoms with Gasteiger partial charge in [-0.3, -0.25) is 4.79 Å². The molecule has 5 nitrogen and oxygen atoms in total. The van der Waals surface area contributed by atoms with E-state index in [1.54, 1.807) is 18.3 Å². The van der Waals surface area contributed by atoms with Gasteiger partial charge >= 0.3 is 5.97 Å². The molecule has 20 heavy (non-hydrogen) atoms. The number of pyridine rings is 2. The summed E-state index contributed by atoms with van der Waals surface area (Å²) < 4.78 is 5.17. The van der Waals surface area contributed by atoms with Gasteiger partial charge in [-0.25, -0.2) is 9.78 Å². The number of nitrogens with one attached hydrogen (secondary N) is 1. The third-order valence-electron chi connectivity index (χ3n) is 2.41. The Morgan fingerprint density at radius 1 is 1.35 bits per heavy atom. The van der Waals surface area contributed by atoms with Crippen LogP contribution in [-0.4, -0.2) is 21.5 Å². The SMILES string of the molecule is CC(C)(C)OC(=O)C=Cc1cnc2[nH]c(=O)ccc2c1. The Morgan fingerprint density at radius 2 is 2.10 bits per heavy atom. The quantitative estimate of drug-likeness (QED) is 0.672. The molecule has 5 heteroatoms. The van der Waals surface area contributed by atoms with Gasteiger partial charge in [0.15, 0.2) is 0 Å². The topological polar surface area (TPSA) is 72.0 Å². The average Bonchev–Trinajstić information content (AvgIpc) is 2.34. The van der Waals surface area contributed by atoms with E-state index in [4.69, 9.17) is 4.74 Å². The third kappa shape index (κ3) is 3.78. The van der Waals surface area contributed by atoms with Gasteiger partial charge in [0.2, 0.25) is 5.56 Å². The summed E-state index contributed by atoms with van der Waals surface area (Å²) in [6.07, 6.45) is 4.57. The second kappa shape index (κ2) is 5.28. The molecule has 0 aliphatic heterocycles. The highest BCUT2D eigenvalue weighted by Crippen LogP contribution is 2.11. The summed E-state index contributed by atoms with van der Waals surface area (Å²) in [7, 11) is 0. The molecule has 0 aromatic carbocycles. The summed E-state index contributed by atoms with van der Waals surface area (Å²) in [5, 5.41) is 0.802. The predicted octanol–water partition coefficient (Wildman–Crippen LogP) is 2.28. The number of hydrogen-bond donors (Lipinski definition) is 1. The molecule has 0 saturated heterocycles. The van der Waals surface area contributed by atoms with Gasteiger partial charge in [-0.2, -0.15) is 0 Å². The van der Waals surface area contributed by atoms with Crippen LogP contribution in [0.5, 0.6) is 0 Å². The number of ether oxygens (including phenoxy) is 1. The van der Waals surface area contributed by atoms with E-state index in [2.05, 4.69) is 9.97 Å². The molecule has 104 valence electrons. The van der Waals surface area contributed by atoms with Crippen LogP contribution in [0.2, 0.25) is 0 Å². The summed E-state index contributed by atoms with van der Waals surface area (Å²) >= 11 is 0. The monoisotopic (exact) mass is 272 g/mol. The van der Waals surface area contributed by atoms with Gasteiger partial charge in [0.25, 0.3) is 0 Å². The van der Waals surface area contributed by atoms with Crippen molar-refractivity contribution in [2.24, 2.45) is 0 Å². The van der Waals surface area contributed by atoms with Crippen molar-refractivity contribution in [3.8, 4) is 0 Å². The maximum absolute atomic E-state index is 11.6. The fourth-order valence-electron chi connectivity index (χ4n) is 1.65. The van der Waals surface area contributed by atoms with Gasteiger partial charge in [-0.05, 0) is 44.5 Å². The predicted molar refractivity (Wildman–Crippen MR) is 77.2 cm³/mol. The van der Waals surface area contributed by atoms with Crippen molar-refractivity contribution in [2.75, 3.05) is 0 Å². The number of carbonyl (C=O) groups is 1. The minimum atomic E-state index is -0.511. The fourth-order valence-corrected chi connectivity index (χ4v) is 1.65. The molecule has 1 N–H and O–H groups in total. The summed E-state index contributed by atoms with van der Waals surface area (Å²) in [5.74, 6) is -0.404. The fraction of sp³-hybridized carbons (Fsp3) is 0.267.